The Morgan fingerprint density at radius 1 is 1.36 bits per heavy atom. The average Bonchev–Trinajstić information content (AvgIpc) is 2.87. The van der Waals surface area contributed by atoms with Crippen molar-refractivity contribution in [3.63, 3.8) is 0 Å². The monoisotopic (exact) mass is 519 g/mol. The van der Waals surface area contributed by atoms with E-state index in [1.54, 1.807) is 14.2 Å². The Labute approximate surface area is 190 Å². The number of nitrogens with one attached hydrogen (secondary N) is 2. The topological polar surface area (TPSA) is 63.5 Å². The quantitative estimate of drug-likeness (QED) is 0.332. The lowest BCUT2D eigenvalue weighted by Crippen LogP contribution is -2.44. The second-order valence-corrected chi connectivity index (χ2v) is 7.19. The van der Waals surface area contributed by atoms with Crippen molar-refractivity contribution in [2.24, 2.45) is 12.0 Å². The first-order chi connectivity index (χ1) is 12.8. The molecule has 0 saturated heterocycles. The molecule has 156 valence electrons. The van der Waals surface area contributed by atoms with E-state index in [1.807, 2.05) is 36.0 Å². The zero-order chi connectivity index (χ0) is 20.0. The molecule has 2 rings (SSSR count). The number of aromatic nitrogens is 2. The standard InChI is InChI=1S/C20H30ClN5O.HI/c1-13(10-18-14(2)25-26(5)15(18)3)24-20(22-4)23-12-19(27-6)16-8-7-9-17(21)11-16;/h7-9,11,13,19H,10,12H2,1-6H3,(H2,22,23,24);1H. The fourth-order valence-electron chi connectivity index (χ4n) is 3.13. The summed E-state index contributed by atoms with van der Waals surface area (Å²) in [4.78, 5) is 4.33. The van der Waals surface area contributed by atoms with Crippen LogP contribution in [-0.2, 0) is 18.2 Å². The molecule has 2 atom stereocenters. The molecule has 0 bridgehead atoms. The highest BCUT2D eigenvalue weighted by atomic mass is 127. The molecular weight excluding hydrogens is 489 g/mol. The van der Waals surface area contributed by atoms with Crippen molar-refractivity contribution in [2.45, 2.75) is 39.3 Å². The number of rotatable bonds is 7. The summed E-state index contributed by atoms with van der Waals surface area (Å²) in [5, 5.41) is 12.0. The summed E-state index contributed by atoms with van der Waals surface area (Å²) >= 11 is 6.09. The maximum absolute atomic E-state index is 6.09. The Morgan fingerprint density at radius 2 is 2.07 bits per heavy atom. The zero-order valence-corrected chi connectivity index (χ0v) is 20.5. The van der Waals surface area contributed by atoms with Gasteiger partial charge in [-0.2, -0.15) is 5.10 Å². The van der Waals surface area contributed by atoms with Crippen LogP contribution in [0.5, 0.6) is 0 Å². The summed E-state index contributed by atoms with van der Waals surface area (Å²) < 4.78 is 7.54. The van der Waals surface area contributed by atoms with Gasteiger partial charge in [-0.05, 0) is 50.5 Å². The van der Waals surface area contributed by atoms with Gasteiger partial charge in [0.15, 0.2) is 5.96 Å². The highest BCUT2D eigenvalue weighted by Gasteiger charge is 2.15. The molecule has 1 aromatic carbocycles. The number of methoxy groups -OCH3 is 1. The largest absolute Gasteiger partial charge is 0.375 e. The van der Waals surface area contributed by atoms with Gasteiger partial charge in [0.25, 0.3) is 0 Å². The first-order valence-corrected chi connectivity index (χ1v) is 9.48. The lowest BCUT2D eigenvalue weighted by Gasteiger charge is -2.21. The van der Waals surface area contributed by atoms with Gasteiger partial charge in [0.2, 0.25) is 0 Å². The van der Waals surface area contributed by atoms with Crippen LogP contribution in [0.4, 0.5) is 0 Å². The van der Waals surface area contributed by atoms with Gasteiger partial charge >= 0.3 is 0 Å². The molecule has 0 aliphatic carbocycles. The van der Waals surface area contributed by atoms with Crippen LogP contribution in [0.1, 0.15) is 35.5 Å². The van der Waals surface area contributed by atoms with Crippen molar-refractivity contribution < 1.29 is 4.74 Å². The van der Waals surface area contributed by atoms with Crippen LogP contribution in [0.2, 0.25) is 5.02 Å². The summed E-state index contributed by atoms with van der Waals surface area (Å²) in [6.45, 7) is 6.89. The lowest BCUT2D eigenvalue weighted by molar-refractivity contribution is 0.106. The van der Waals surface area contributed by atoms with Crippen LogP contribution in [0.3, 0.4) is 0 Å². The third-order valence-corrected chi connectivity index (χ3v) is 4.97. The first kappa shape index (κ1) is 24.7. The van der Waals surface area contributed by atoms with E-state index in [0.29, 0.717) is 11.6 Å². The normalized spacial score (nSPS) is 13.6. The predicted octanol–water partition coefficient (Wildman–Crippen LogP) is 3.79. The molecule has 0 amide bonds. The second-order valence-electron chi connectivity index (χ2n) is 6.75. The van der Waals surface area contributed by atoms with Gasteiger partial charge in [0, 0.05) is 44.5 Å². The molecule has 0 radical (unpaired) electrons. The maximum Gasteiger partial charge on any atom is 0.191 e. The molecule has 6 nitrogen and oxygen atoms in total. The SMILES string of the molecule is CN=C(NCC(OC)c1cccc(Cl)c1)NC(C)Cc1c(C)nn(C)c1C.I. The number of aryl methyl sites for hydroxylation is 2. The Hall–Kier alpha value is -1.32. The van der Waals surface area contributed by atoms with E-state index >= 15 is 0 Å². The molecule has 0 aliphatic heterocycles. The molecule has 0 spiro atoms. The number of benzene rings is 1. The van der Waals surface area contributed by atoms with Gasteiger partial charge in [0.1, 0.15) is 0 Å². The Morgan fingerprint density at radius 3 is 2.61 bits per heavy atom. The van der Waals surface area contributed by atoms with E-state index in [2.05, 4.69) is 41.5 Å². The minimum atomic E-state index is -0.111. The minimum absolute atomic E-state index is 0. The number of nitrogens with zero attached hydrogens (tertiary/aromatic N) is 3. The fraction of sp³-hybridized carbons (Fsp3) is 0.500. The fourth-order valence-corrected chi connectivity index (χ4v) is 3.33. The molecule has 0 fully saturated rings. The van der Waals surface area contributed by atoms with Crippen LogP contribution in [0, 0.1) is 13.8 Å². The van der Waals surface area contributed by atoms with E-state index in [0.717, 1.165) is 23.6 Å². The van der Waals surface area contributed by atoms with E-state index < -0.39 is 0 Å². The number of halogens is 2. The third-order valence-electron chi connectivity index (χ3n) is 4.74. The second kappa shape index (κ2) is 11.6. The minimum Gasteiger partial charge on any atom is -0.375 e. The van der Waals surface area contributed by atoms with Crippen LogP contribution in [-0.4, -0.2) is 42.5 Å². The molecule has 2 N–H and O–H groups in total. The van der Waals surface area contributed by atoms with Crippen molar-refractivity contribution >= 4 is 41.5 Å². The van der Waals surface area contributed by atoms with Gasteiger partial charge < -0.3 is 15.4 Å². The summed E-state index contributed by atoms with van der Waals surface area (Å²) in [5.41, 5.74) is 4.58. The van der Waals surface area contributed by atoms with Gasteiger partial charge in [0.05, 0.1) is 11.8 Å². The predicted molar refractivity (Wildman–Crippen MR) is 127 cm³/mol. The lowest BCUT2D eigenvalue weighted by atomic mass is 10.1. The number of hydrogen-bond acceptors (Lipinski definition) is 3. The number of guanidine groups is 1. The number of ether oxygens (including phenoxy) is 1. The molecule has 1 heterocycles. The van der Waals surface area contributed by atoms with Crippen LogP contribution >= 0.6 is 35.6 Å². The Balaban J connectivity index is 0.00000392. The summed E-state index contributed by atoms with van der Waals surface area (Å²) in [7, 11) is 5.44. The van der Waals surface area contributed by atoms with E-state index in [-0.39, 0.29) is 36.1 Å². The Kier molecular flexibility index (Phi) is 10.3. The average molecular weight is 520 g/mol. The number of hydrogen-bond donors (Lipinski definition) is 2. The van der Waals surface area contributed by atoms with Crippen LogP contribution in [0.15, 0.2) is 29.3 Å². The van der Waals surface area contributed by atoms with Crippen molar-refractivity contribution in [1.82, 2.24) is 20.4 Å². The van der Waals surface area contributed by atoms with E-state index in [1.165, 1.54) is 11.3 Å². The van der Waals surface area contributed by atoms with Crippen molar-refractivity contribution in [1.29, 1.82) is 0 Å². The maximum atomic E-state index is 6.09. The van der Waals surface area contributed by atoms with Gasteiger partial charge in [-0.25, -0.2) is 0 Å². The molecule has 28 heavy (non-hydrogen) atoms. The summed E-state index contributed by atoms with van der Waals surface area (Å²) in [6.07, 6.45) is 0.772. The van der Waals surface area contributed by atoms with E-state index in [9.17, 15) is 0 Å². The first-order valence-electron chi connectivity index (χ1n) is 9.10. The number of aliphatic imine (C=N–C) groups is 1. The summed E-state index contributed by atoms with van der Waals surface area (Å²) in [5.74, 6) is 0.741. The smallest absolute Gasteiger partial charge is 0.191 e. The van der Waals surface area contributed by atoms with Crippen LogP contribution < -0.4 is 10.6 Å². The van der Waals surface area contributed by atoms with Gasteiger partial charge in [-0.3, -0.25) is 9.67 Å². The van der Waals surface area contributed by atoms with Gasteiger partial charge in [-0.1, -0.05) is 23.7 Å². The summed E-state index contributed by atoms with van der Waals surface area (Å²) in [6, 6.07) is 7.93. The molecule has 2 aromatic rings. The molecule has 0 aliphatic rings. The molecule has 8 heteroatoms. The van der Waals surface area contributed by atoms with Crippen LogP contribution in [0.25, 0.3) is 0 Å². The zero-order valence-electron chi connectivity index (χ0n) is 17.4. The highest BCUT2D eigenvalue weighted by molar-refractivity contribution is 14.0. The van der Waals surface area contributed by atoms with Gasteiger partial charge in [-0.15, -0.1) is 24.0 Å². The highest BCUT2D eigenvalue weighted by Crippen LogP contribution is 2.19. The van der Waals surface area contributed by atoms with Crippen molar-refractivity contribution in [3.8, 4) is 0 Å². The van der Waals surface area contributed by atoms with E-state index in [4.69, 9.17) is 16.3 Å². The van der Waals surface area contributed by atoms with Crippen molar-refractivity contribution in [2.75, 3.05) is 20.7 Å². The Bertz CT molecular complexity index is 793. The molecule has 0 saturated carbocycles. The molecule has 2 unspecified atom stereocenters. The van der Waals surface area contributed by atoms with Crippen molar-refractivity contribution in [3.05, 3.63) is 51.8 Å². The molecule has 1 aromatic heterocycles. The third kappa shape index (κ3) is 6.63. The molecular formula is C20H31ClIN5O.